The molecule has 5 nitrogen and oxygen atoms in total. The fourth-order valence-corrected chi connectivity index (χ4v) is 4.03. The van der Waals surface area contributed by atoms with Gasteiger partial charge in [0, 0.05) is 45.2 Å². The summed E-state index contributed by atoms with van der Waals surface area (Å²) < 4.78 is 5.74. The van der Waals surface area contributed by atoms with Crippen LogP contribution in [0.25, 0.3) is 0 Å². The Kier molecular flexibility index (Phi) is 5.97. The van der Waals surface area contributed by atoms with E-state index >= 15 is 0 Å². The smallest absolute Gasteiger partial charge is 0.410 e. The first kappa shape index (κ1) is 18.9. The van der Waals surface area contributed by atoms with E-state index < -0.39 is 0 Å². The predicted octanol–water partition coefficient (Wildman–Crippen LogP) is 3.79. The molecule has 2 heterocycles. The monoisotopic (exact) mass is 357 g/mol. The summed E-state index contributed by atoms with van der Waals surface area (Å²) in [5.41, 5.74) is 2.26. The molecular weight excluding hydrogens is 326 g/mol. The van der Waals surface area contributed by atoms with Crippen LogP contribution >= 0.6 is 0 Å². The molecule has 26 heavy (non-hydrogen) atoms. The second-order valence-electron chi connectivity index (χ2n) is 7.60. The van der Waals surface area contributed by atoms with Crippen molar-refractivity contribution < 1.29 is 9.53 Å². The second-order valence-corrected chi connectivity index (χ2v) is 7.60. The maximum absolute atomic E-state index is 12.0. The van der Waals surface area contributed by atoms with Crippen molar-refractivity contribution in [3.63, 3.8) is 0 Å². The number of hydrogen-bond donors (Lipinski definition) is 0. The van der Waals surface area contributed by atoms with Crippen LogP contribution in [0.4, 0.5) is 4.79 Å². The Bertz CT molecular complexity index is 611. The van der Waals surface area contributed by atoms with Crippen LogP contribution in [0.1, 0.15) is 39.0 Å². The number of rotatable bonds is 8. The largest absolute Gasteiger partial charge is 0.441 e. The third-order valence-electron chi connectivity index (χ3n) is 5.55. The van der Waals surface area contributed by atoms with Crippen molar-refractivity contribution in [1.82, 2.24) is 9.80 Å². The molecule has 1 saturated carbocycles. The van der Waals surface area contributed by atoms with E-state index in [9.17, 15) is 4.79 Å². The first-order chi connectivity index (χ1) is 12.6. The van der Waals surface area contributed by atoms with E-state index in [-0.39, 0.29) is 11.7 Å². The lowest BCUT2D eigenvalue weighted by molar-refractivity contribution is 0.00424. The zero-order valence-corrected chi connectivity index (χ0v) is 16.0. The van der Waals surface area contributed by atoms with Crippen molar-refractivity contribution in [2.24, 2.45) is 10.9 Å². The van der Waals surface area contributed by atoms with Crippen LogP contribution < -0.4 is 0 Å². The number of ether oxygens (including phenoxy) is 1. The minimum absolute atomic E-state index is 0.200. The van der Waals surface area contributed by atoms with Crippen LogP contribution in [0.3, 0.4) is 0 Å². The fourth-order valence-electron chi connectivity index (χ4n) is 4.03. The molecule has 0 radical (unpaired) electrons. The summed E-state index contributed by atoms with van der Waals surface area (Å²) in [4.78, 5) is 20.8. The highest BCUT2D eigenvalue weighted by atomic mass is 16.6. The van der Waals surface area contributed by atoms with Gasteiger partial charge in [-0.3, -0.25) is 9.89 Å². The van der Waals surface area contributed by atoms with E-state index in [4.69, 9.17) is 4.74 Å². The molecule has 5 heteroatoms. The van der Waals surface area contributed by atoms with E-state index in [2.05, 4.69) is 36.0 Å². The lowest BCUT2D eigenvalue weighted by Gasteiger charge is -2.37. The number of nitrogens with zero attached hydrogens (tertiary/aromatic N) is 3. The highest BCUT2D eigenvalue weighted by molar-refractivity contribution is 6.02. The lowest BCUT2D eigenvalue weighted by atomic mass is 9.91. The van der Waals surface area contributed by atoms with Gasteiger partial charge in [0.25, 0.3) is 0 Å². The van der Waals surface area contributed by atoms with Gasteiger partial charge in [-0.15, -0.1) is 6.58 Å². The minimum Gasteiger partial charge on any atom is -0.441 e. The predicted molar refractivity (Wildman–Crippen MR) is 105 cm³/mol. The number of carbonyl (C=O) groups excluding carboxylic acids is 1. The Balaban J connectivity index is 1.60. The molecule has 3 aliphatic rings. The van der Waals surface area contributed by atoms with E-state index in [1.165, 1.54) is 18.4 Å². The van der Waals surface area contributed by atoms with Crippen LogP contribution in [0, 0.1) is 5.92 Å². The van der Waals surface area contributed by atoms with Crippen LogP contribution in [0.2, 0.25) is 0 Å². The average Bonchev–Trinajstić information content (AvgIpc) is 3.41. The molecule has 0 aromatic heterocycles. The van der Waals surface area contributed by atoms with Crippen molar-refractivity contribution in [3.05, 3.63) is 37.1 Å². The molecule has 142 valence electrons. The van der Waals surface area contributed by atoms with Gasteiger partial charge in [-0.2, -0.15) is 0 Å². The van der Waals surface area contributed by atoms with Gasteiger partial charge in [0.15, 0.2) is 0 Å². The molecule has 3 rings (SSSR count). The number of likely N-dealkylation sites (tertiary alicyclic amines) is 1. The Labute approximate surface area is 157 Å². The topological polar surface area (TPSA) is 45.1 Å². The summed E-state index contributed by atoms with van der Waals surface area (Å²) in [5.74, 6) is 0.688. The standard InChI is InChI=1S/C21H31N3O2/c1-4-7-18(17-8-9-17)19(22-6-3)15-23-13-10-21(11-14-23)16-24(12-5-2)20(25)26-21/h5-7,17H,2-4,8-16H2,1H3/b18-7-,22-19?. The molecule has 1 amide bonds. The summed E-state index contributed by atoms with van der Waals surface area (Å²) in [5, 5.41) is 0. The van der Waals surface area contributed by atoms with Crippen LogP contribution in [-0.2, 0) is 4.74 Å². The maximum Gasteiger partial charge on any atom is 0.410 e. The summed E-state index contributed by atoms with van der Waals surface area (Å²) in [6.45, 7) is 13.7. The quantitative estimate of drug-likeness (QED) is 0.490. The van der Waals surface area contributed by atoms with Crippen molar-refractivity contribution in [3.8, 4) is 0 Å². The van der Waals surface area contributed by atoms with Gasteiger partial charge in [-0.25, -0.2) is 4.79 Å². The molecule has 1 spiro atoms. The zero-order chi connectivity index (χ0) is 18.6. The van der Waals surface area contributed by atoms with Gasteiger partial charge in [0.2, 0.25) is 0 Å². The van der Waals surface area contributed by atoms with E-state index in [1.54, 1.807) is 17.2 Å². The maximum atomic E-state index is 12.0. The number of hydrogen-bond acceptors (Lipinski definition) is 4. The molecule has 0 bridgehead atoms. The third kappa shape index (κ3) is 4.26. The first-order valence-electron chi connectivity index (χ1n) is 9.80. The average molecular weight is 357 g/mol. The van der Waals surface area contributed by atoms with Crippen LogP contribution in [0.15, 0.2) is 42.1 Å². The van der Waals surface area contributed by atoms with E-state index in [0.717, 1.165) is 44.6 Å². The Hall–Kier alpha value is -1.88. The number of carbonyl (C=O) groups is 1. The molecule has 0 atom stereocenters. The fraction of sp³-hybridized carbons (Fsp3) is 0.619. The molecule has 2 aliphatic heterocycles. The van der Waals surface area contributed by atoms with Crippen molar-refractivity contribution in [2.45, 2.75) is 44.6 Å². The van der Waals surface area contributed by atoms with Gasteiger partial charge in [0.1, 0.15) is 5.60 Å². The van der Waals surface area contributed by atoms with Gasteiger partial charge < -0.3 is 9.64 Å². The number of amides is 1. The Morgan fingerprint density at radius 1 is 1.35 bits per heavy atom. The van der Waals surface area contributed by atoms with E-state index in [0.29, 0.717) is 19.0 Å². The third-order valence-corrected chi connectivity index (χ3v) is 5.55. The summed E-state index contributed by atoms with van der Waals surface area (Å²) in [6, 6.07) is 0. The lowest BCUT2D eigenvalue weighted by Crippen LogP contribution is -2.48. The molecule has 0 aromatic carbocycles. The normalized spacial score (nSPS) is 24.0. The molecule has 0 N–H and O–H groups in total. The minimum atomic E-state index is -0.315. The second kappa shape index (κ2) is 8.21. The summed E-state index contributed by atoms with van der Waals surface area (Å²) in [6.07, 6.45) is 10.9. The van der Waals surface area contributed by atoms with Crippen LogP contribution in [0.5, 0.6) is 0 Å². The van der Waals surface area contributed by atoms with Gasteiger partial charge in [0.05, 0.1) is 12.3 Å². The van der Waals surface area contributed by atoms with Gasteiger partial charge >= 0.3 is 6.09 Å². The highest BCUT2D eigenvalue weighted by Gasteiger charge is 2.46. The molecule has 2 saturated heterocycles. The highest BCUT2D eigenvalue weighted by Crippen LogP contribution is 2.38. The SMILES string of the molecule is C=CCN1CC2(CCN(CC(=NC=C)/C(=C\CC)C3CC3)CC2)OC1=O. The zero-order valence-electron chi connectivity index (χ0n) is 16.0. The summed E-state index contributed by atoms with van der Waals surface area (Å²) >= 11 is 0. The molecule has 3 fully saturated rings. The molecule has 0 unspecified atom stereocenters. The molecule has 0 aromatic rings. The number of aliphatic imine (C=N–C) groups is 1. The van der Waals surface area contributed by atoms with Crippen LogP contribution in [-0.4, -0.2) is 59.9 Å². The van der Waals surface area contributed by atoms with Crippen molar-refractivity contribution in [2.75, 3.05) is 32.7 Å². The van der Waals surface area contributed by atoms with Gasteiger partial charge in [-0.1, -0.05) is 25.7 Å². The summed E-state index contributed by atoms with van der Waals surface area (Å²) in [7, 11) is 0. The van der Waals surface area contributed by atoms with Gasteiger partial charge in [-0.05, 0) is 30.8 Å². The van der Waals surface area contributed by atoms with Crippen molar-refractivity contribution >= 4 is 11.8 Å². The number of piperidine rings is 1. The Morgan fingerprint density at radius 2 is 2.08 bits per heavy atom. The first-order valence-corrected chi connectivity index (χ1v) is 9.80. The molecular formula is C21H31N3O2. The van der Waals surface area contributed by atoms with E-state index in [1.807, 2.05) is 0 Å². The van der Waals surface area contributed by atoms with Crippen molar-refractivity contribution in [1.29, 1.82) is 0 Å². The number of allylic oxidation sites excluding steroid dienone is 1. The molecule has 1 aliphatic carbocycles. The Morgan fingerprint density at radius 3 is 2.65 bits per heavy atom.